The lowest BCUT2D eigenvalue weighted by atomic mass is 10.2. The first kappa shape index (κ1) is 9.98. The summed E-state index contributed by atoms with van der Waals surface area (Å²) in [5.41, 5.74) is 8.33. The zero-order chi connectivity index (χ0) is 10.8. The van der Waals surface area contributed by atoms with Gasteiger partial charge in [0, 0.05) is 16.6 Å². The lowest BCUT2D eigenvalue weighted by molar-refractivity contribution is 0.475. The molecule has 1 aromatic carbocycles. The number of nitrogens with two attached hydrogens (primary N) is 1. The fourth-order valence-electron chi connectivity index (χ4n) is 1.32. The Hall–Kier alpha value is -1.55. The summed E-state index contributed by atoms with van der Waals surface area (Å²) in [4.78, 5) is 4.43. The van der Waals surface area contributed by atoms with Gasteiger partial charge in [-0.25, -0.2) is 4.98 Å². The predicted octanol–water partition coefficient (Wildman–Crippen LogP) is 2.66. The van der Waals surface area contributed by atoms with Crippen LogP contribution in [0.3, 0.4) is 0 Å². The van der Waals surface area contributed by atoms with E-state index in [1.807, 2.05) is 5.38 Å². The van der Waals surface area contributed by atoms with Gasteiger partial charge in [0.2, 0.25) is 0 Å². The molecule has 0 atom stereocenters. The molecule has 0 saturated heterocycles. The highest BCUT2D eigenvalue weighted by Gasteiger charge is 2.08. The third kappa shape index (κ3) is 1.94. The van der Waals surface area contributed by atoms with Crippen LogP contribution in [0.1, 0.15) is 12.6 Å². The van der Waals surface area contributed by atoms with Gasteiger partial charge in [-0.3, -0.25) is 0 Å². The maximum absolute atomic E-state index is 9.38. The van der Waals surface area contributed by atoms with Gasteiger partial charge in [0.25, 0.3) is 0 Å². The van der Waals surface area contributed by atoms with Crippen molar-refractivity contribution in [3.63, 3.8) is 0 Å². The number of phenolic OH excluding ortho intramolecular Hbond substituents is 1. The molecule has 4 heteroatoms. The zero-order valence-corrected chi connectivity index (χ0v) is 9.21. The highest BCUT2D eigenvalue weighted by atomic mass is 32.1. The third-order valence-electron chi connectivity index (χ3n) is 2.18. The van der Waals surface area contributed by atoms with E-state index in [2.05, 4.69) is 11.9 Å². The summed E-state index contributed by atoms with van der Waals surface area (Å²) < 4.78 is 0. The summed E-state index contributed by atoms with van der Waals surface area (Å²) in [6.07, 6.45) is 0.912. The number of hydrogen-bond donors (Lipinski definition) is 2. The largest absolute Gasteiger partial charge is 0.508 e. The van der Waals surface area contributed by atoms with Crippen LogP contribution in [0.2, 0.25) is 0 Å². The first-order valence-corrected chi connectivity index (χ1v) is 5.62. The summed E-state index contributed by atoms with van der Waals surface area (Å²) in [5, 5.41) is 12.3. The molecule has 0 amide bonds. The van der Waals surface area contributed by atoms with Crippen molar-refractivity contribution in [2.24, 2.45) is 0 Å². The molecule has 1 heterocycles. The number of anilines is 1. The fraction of sp³-hybridized carbons (Fsp3) is 0.182. The van der Waals surface area contributed by atoms with E-state index in [9.17, 15) is 5.11 Å². The summed E-state index contributed by atoms with van der Waals surface area (Å²) >= 11 is 1.55. The SMILES string of the molecule is CCc1csc(-c2cc(O)ccc2N)n1. The van der Waals surface area contributed by atoms with Crippen LogP contribution in [0.4, 0.5) is 5.69 Å². The van der Waals surface area contributed by atoms with Crippen molar-refractivity contribution in [1.29, 1.82) is 0 Å². The predicted molar refractivity (Wildman–Crippen MR) is 63.0 cm³/mol. The Balaban J connectivity index is 2.48. The van der Waals surface area contributed by atoms with Gasteiger partial charge in [-0.05, 0) is 24.6 Å². The molecule has 15 heavy (non-hydrogen) atoms. The zero-order valence-electron chi connectivity index (χ0n) is 8.40. The van der Waals surface area contributed by atoms with Crippen molar-refractivity contribution in [1.82, 2.24) is 4.98 Å². The molecule has 3 N–H and O–H groups in total. The fourth-order valence-corrected chi connectivity index (χ4v) is 2.26. The van der Waals surface area contributed by atoms with Gasteiger partial charge in [-0.1, -0.05) is 6.92 Å². The number of aryl methyl sites for hydroxylation is 1. The molecular weight excluding hydrogens is 208 g/mol. The number of nitrogens with zero attached hydrogens (tertiary/aromatic N) is 1. The van der Waals surface area contributed by atoms with Crippen molar-refractivity contribution in [3.05, 3.63) is 29.3 Å². The Morgan fingerprint density at radius 1 is 1.47 bits per heavy atom. The molecule has 78 valence electrons. The minimum atomic E-state index is 0.215. The maximum Gasteiger partial charge on any atom is 0.125 e. The lowest BCUT2D eigenvalue weighted by Crippen LogP contribution is -1.89. The number of aromatic hydroxyl groups is 1. The second kappa shape index (κ2) is 3.90. The summed E-state index contributed by atoms with van der Waals surface area (Å²) in [5.74, 6) is 0.215. The van der Waals surface area contributed by atoms with Crippen LogP contribution < -0.4 is 5.73 Å². The van der Waals surface area contributed by atoms with Crippen LogP contribution >= 0.6 is 11.3 Å². The average Bonchev–Trinajstić information content (AvgIpc) is 2.70. The molecule has 2 rings (SSSR count). The van der Waals surface area contributed by atoms with Crippen LogP contribution in [0.25, 0.3) is 10.6 Å². The molecule has 0 spiro atoms. The Kier molecular flexibility index (Phi) is 2.60. The Morgan fingerprint density at radius 3 is 2.93 bits per heavy atom. The third-order valence-corrected chi connectivity index (χ3v) is 3.11. The molecule has 2 aromatic rings. The maximum atomic E-state index is 9.38. The summed E-state index contributed by atoms with van der Waals surface area (Å²) in [7, 11) is 0. The smallest absolute Gasteiger partial charge is 0.125 e. The first-order valence-electron chi connectivity index (χ1n) is 4.74. The summed E-state index contributed by atoms with van der Waals surface area (Å²) in [6.45, 7) is 2.06. The van der Waals surface area contributed by atoms with Gasteiger partial charge >= 0.3 is 0 Å². The van der Waals surface area contributed by atoms with Crippen molar-refractivity contribution in [2.45, 2.75) is 13.3 Å². The molecular formula is C11H12N2OS. The van der Waals surface area contributed by atoms with E-state index in [1.165, 1.54) is 0 Å². The van der Waals surface area contributed by atoms with Crippen LogP contribution in [0.15, 0.2) is 23.6 Å². The van der Waals surface area contributed by atoms with E-state index in [0.717, 1.165) is 22.7 Å². The second-order valence-corrected chi connectivity index (χ2v) is 4.13. The monoisotopic (exact) mass is 220 g/mol. The number of nitrogen functional groups attached to an aromatic ring is 1. The van der Waals surface area contributed by atoms with Gasteiger partial charge in [0.05, 0.1) is 5.69 Å². The second-order valence-electron chi connectivity index (χ2n) is 3.27. The van der Waals surface area contributed by atoms with Crippen LogP contribution in [-0.2, 0) is 6.42 Å². The van der Waals surface area contributed by atoms with E-state index in [0.29, 0.717) is 5.69 Å². The molecule has 1 aromatic heterocycles. The quantitative estimate of drug-likeness (QED) is 0.604. The number of benzene rings is 1. The molecule has 0 radical (unpaired) electrons. The van der Waals surface area contributed by atoms with Crippen molar-refractivity contribution in [2.75, 3.05) is 5.73 Å². The van der Waals surface area contributed by atoms with Gasteiger partial charge in [-0.15, -0.1) is 11.3 Å². The first-order chi connectivity index (χ1) is 7.20. The molecule has 0 fully saturated rings. The van der Waals surface area contributed by atoms with Gasteiger partial charge < -0.3 is 10.8 Å². The Labute approximate surface area is 92.2 Å². The summed E-state index contributed by atoms with van der Waals surface area (Å²) in [6, 6.07) is 4.92. The molecule has 0 aliphatic carbocycles. The van der Waals surface area contributed by atoms with Crippen LogP contribution in [0.5, 0.6) is 5.75 Å². The van der Waals surface area contributed by atoms with E-state index >= 15 is 0 Å². The number of hydrogen-bond acceptors (Lipinski definition) is 4. The van der Waals surface area contributed by atoms with Gasteiger partial charge in [0.15, 0.2) is 0 Å². The minimum absolute atomic E-state index is 0.215. The molecule has 0 bridgehead atoms. The van der Waals surface area contributed by atoms with Gasteiger partial charge in [0.1, 0.15) is 10.8 Å². The topological polar surface area (TPSA) is 59.1 Å². The van der Waals surface area contributed by atoms with E-state index in [4.69, 9.17) is 5.73 Å². The molecule has 0 aliphatic rings. The van der Waals surface area contributed by atoms with E-state index in [1.54, 1.807) is 29.5 Å². The standard InChI is InChI=1S/C11H12N2OS/c1-2-7-6-15-11(13-7)9-5-8(14)3-4-10(9)12/h3-6,14H,2,12H2,1H3. The Bertz CT molecular complexity index is 479. The van der Waals surface area contributed by atoms with Crippen molar-refractivity contribution < 1.29 is 5.11 Å². The van der Waals surface area contributed by atoms with Crippen molar-refractivity contribution >= 4 is 17.0 Å². The molecule has 0 aliphatic heterocycles. The Morgan fingerprint density at radius 2 is 2.27 bits per heavy atom. The lowest BCUT2D eigenvalue weighted by Gasteiger charge is -2.02. The van der Waals surface area contributed by atoms with Crippen LogP contribution in [0, 0.1) is 0 Å². The normalized spacial score (nSPS) is 10.5. The van der Waals surface area contributed by atoms with Gasteiger partial charge in [-0.2, -0.15) is 0 Å². The molecule has 0 unspecified atom stereocenters. The van der Waals surface area contributed by atoms with E-state index < -0.39 is 0 Å². The number of thiazole rings is 1. The number of aromatic nitrogens is 1. The van der Waals surface area contributed by atoms with E-state index in [-0.39, 0.29) is 5.75 Å². The highest BCUT2D eigenvalue weighted by Crippen LogP contribution is 2.31. The minimum Gasteiger partial charge on any atom is -0.508 e. The van der Waals surface area contributed by atoms with Crippen LogP contribution in [-0.4, -0.2) is 10.1 Å². The highest BCUT2D eigenvalue weighted by molar-refractivity contribution is 7.13. The molecule has 3 nitrogen and oxygen atoms in total. The average molecular weight is 220 g/mol. The number of rotatable bonds is 2. The van der Waals surface area contributed by atoms with Crippen molar-refractivity contribution in [3.8, 4) is 16.3 Å². The number of phenols is 1. The molecule has 0 saturated carbocycles.